The van der Waals surface area contributed by atoms with Gasteiger partial charge < -0.3 is 9.64 Å². The van der Waals surface area contributed by atoms with Gasteiger partial charge in [-0.15, -0.1) is 0 Å². The molecule has 0 aromatic heterocycles. The second kappa shape index (κ2) is 10.5. The fraction of sp³-hybridized carbons (Fsp3) is 0.538. The normalized spacial score (nSPS) is 21.2. The fourth-order valence-electron chi connectivity index (χ4n) is 4.98. The third kappa shape index (κ3) is 5.42. The van der Waals surface area contributed by atoms with Gasteiger partial charge >= 0.3 is 0 Å². The van der Waals surface area contributed by atoms with Crippen LogP contribution in [0.15, 0.2) is 53.4 Å². The van der Waals surface area contributed by atoms with E-state index in [2.05, 4.69) is 36.1 Å². The number of ether oxygens (including phenoxy) is 1. The van der Waals surface area contributed by atoms with Crippen LogP contribution in [0.25, 0.3) is 11.1 Å². The van der Waals surface area contributed by atoms with Gasteiger partial charge in [-0.3, -0.25) is 0 Å². The highest BCUT2D eigenvalue weighted by Crippen LogP contribution is 2.27. The van der Waals surface area contributed by atoms with Crippen molar-refractivity contribution in [1.29, 1.82) is 0 Å². The van der Waals surface area contributed by atoms with Crippen molar-refractivity contribution in [2.45, 2.75) is 50.0 Å². The van der Waals surface area contributed by atoms with Gasteiger partial charge in [-0.05, 0) is 80.3 Å². The van der Waals surface area contributed by atoms with E-state index in [4.69, 9.17) is 4.74 Å². The molecule has 2 aliphatic rings. The maximum Gasteiger partial charge on any atom is 0.243 e. The SMILES string of the molecule is COCC1CCN(S(=O)(=O)c2ccc(-c3ccc(CCN4CCC[C@H]4C)cc3)cc2)CC1. The highest BCUT2D eigenvalue weighted by molar-refractivity contribution is 7.89. The van der Waals surface area contributed by atoms with Crippen molar-refractivity contribution >= 4 is 10.0 Å². The second-order valence-electron chi connectivity index (χ2n) is 9.30. The molecule has 5 nitrogen and oxygen atoms in total. The van der Waals surface area contributed by atoms with Crippen LogP contribution < -0.4 is 0 Å². The van der Waals surface area contributed by atoms with E-state index < -0.39 is 10.0 Å². The van der Waals surface area contributed by atoms with Crippen LogP contribution in [0, 0.1) is 5.92 Å². The summed E-state index contributed by atoms with van der Waals surface area (Å²) in [4.78, 5) is 2.95. The maximum absolute atomic E-state index is 13.0. The Labute approximate surface area is 193 Å². The molecule has 0 unspecified atom stereocenters. The Morgan fingerprint density at radius 3 is 2.09 bits per heavy atom. The van der Waals surface area contributed by atoms with Crippen molar-refractivity contribution in [3.63, 3.8) is 0 Å². The van der Waals surface area contributed by atoms with E-state index >= 15 is 0 Å². The van der Waals surface area contributed by atoms with E-state index in [0.717, 1.165) is 36.9 Å². The Kier molecular flexibility index (Phi) is 7.66. The molecule has 4 rings (SSSR count). The fourth-order valence-corrected chi connectivity index (χ4v) is 6.45. The summed E-state index contributed by atoms with van der Waals surface area (Å²) >= 11 is 0. The molecule has 2 heterocycles. The van der Waals surface area contributed by atoms with Crippen molar-refractivity contribution in [3.8, 4) is 11.1 Å². The molecule has 6 heteroatoms. The third-order valence-electron chi connectivity index (χ3n) is 7.13. The largest absolute Gasteiger partial charge is 0.384 e. The molecular weight excluding hydrogens is 420 g/mol. The molecule has 2 aromatic rings. The van der Waals surface area contributed by atoms with Crippen LogP contribution in [-0.4, -0.2) is 63.6 Å². The molecule has 0 N–H and O–H groups in total. The molecule has 32 heavy (non-hydrogen) atoms. The molecule has 1 atom stereocenters. The first-order chi connectivity index (χ1) is 15.5. The number of hydrogen-bond acceptors (Lipinski definition) is 4. The lowest BCUT2D eigenvalue weighted by Gasteiger charge is -2.30. The molecule has 2 fully saturated rings. The minimum Gasteiger partial charge on any atom is -0.384 e. The number of benzene rings is 2. The van der Waals surface area contributed by atoms with E-state index in [1.165, 1.54) is 24.9 Å². The van der Waals surface area contributed by atoms with Crippen LogP contribution in [0.3, 0.4) is 0 Å². The zero-order valence-electron chi connectivity index (χ0n) is 19.4. The molecule has 0 aliphatic carbocycles. The van der Waals surface area contributed by atoms with Gasteiger partial charge in [-0.1, -0.05) is 36.4 Å². The molecule has 2 aliphatic heterocycles. The Balaban J connectivity index is 1.36. The minimum absolute atomic E-state index is 0.378. The van der Waals surface area contributed by atoms with Crippen molar-refractivity contribution < 1.29 is 13.2 Å². The lowest BCUT2D eigenvalue weighted by Crippen LogP contribution is -2.39. The zero-order chi connectivity index (χ0) is 22.6. The number of methoxy groups -OCH3 is 1. The van der Waals surface area contributed by atoms with Crippen molar-refractivity contribution in [2.75, 3.05) is 39.9 Å². The molecule has 2 saturated heterocycles. The summed E-state index contributed by atoms with van der Waals surface area (Å²) in [6, 6.07) is 16.7. The maximum atomic E-state index is 13.0. The van der Waals surface area contributed by atoms with Crippen LogP contribution in [0.2, 0.25) is 0 Å². The van der Waals surface area contributed by atoms with Gasteiger partial charge in [-0.25, -0.2) is 8.42 Å². The quantitative estimate of drug-likeness (QED) is 0.590. The van der Waals surface area contributed by atoms with Gasteiger partial charge in [0, 0.05) is 39.4 Å². The minimum atomic E-state index is -3.44. The second-order valence-corrected chi connectivity index (χ2v) is 11.2. The Morgan fingerprint density at radius 2 is 1.53 bits per heavy atom. The molecule has 0 bridgehead atoms. The summed E-state index contributed by atoms with van der Waals surface area (Å²) in [5.41, 5.74) is 3.51. The number of nitrogens with zero attached hydrogens (tertiary/aromatic N) is 2. The molecule has 0 saturated carbocycles. The van der Waals surface area contributed by atoms with Crippen molar-refractivity contribution in [3.05, 3.63) is 54.1 Å². The van der Waals surface area contributed by atoms with E-state index in [1.54, 1.807) is 23.5 Å². The topological polar surface area (TPSA) is 49.9 Å². The number of likely N-dealkylation sites (tertiary alicyclic amines) is 1. The number of hydrogen-bond donors (Lipinski definition) is 0. The van der Waals surface area contributed by atoms with Crippen molar-refractivity contribution in [2.24, 2.45) is 5.92 Å². The van der Waals surface area contributed by atoms with E-state index in [1.807, 2.05) is 12.1 Å². The van der Waals surface area contributed by atoms with Crippen LogP contribution in [0.4, 0.5) is 0 Å². The smallest absolute Gasteiger partial charge is 0.243 e. The highest BCUT2D eigenvalue weighted by Gasteiger charge is 2.29. The Hall–Kier alpha value is -1.73. The summed E-state index contributed by atoms with van der Waals surface area (Å²) in [5.74, 6) is 0.454. The summed E-state index contributed by atoms with van der Waals surface area (Å²) in [6.07, 6.45) is 5.42. The molecular formula is C26H36N2O3S. The summed E-state index contributed by atoms with van der Waals surface area (Å²) in [6.45, 7) is 6.50. The molecule has 174 valence electrons. The standard InChI is InChI=1S/C26H36N2O3S/c1-21-4-3-16-27(21)17-13-22-5-7-24(8-6-22)25-9-11-26(12-10-25)32(29,30)28-18-14-23(15-19-28)20-31-2/h5-12,21,23H,3-4,13-20H2,1-2H3/t21-/m1/s1. The molecule has 0 radical (unpaired) electrons. The molecule has 0 spiro atoms. The predicted molar refractivity (Wildman–Crippen MR) is 129 cm³/mol. The van der Waals surface area contributed by atoms with Gasteiger partial charge in [0.05, 0.1) is 4.90 Å². The number of sulfonamides is 1. The van der Waals surface area contributed by atoms with Gasteiger partial charge in [-0.2, -0.15) is 4.31 Å². The summed E-state index contributed by atoms with van der Waals surface area (Å²) < 4.78 is 32.9. The first-order valence-corrected chi connectivity index (χ1v) is 13.3. The van der Waals surface area contributed by atoms with Crippen LogP contribution in [0.5, 0.6) is 0 Å². The first kappa shape index (κ1) is 23.4. The molecule has 2 aromatic carbocycles. The Bertz CT molecular complexity index is 965. The van der Waals surface area contributed by atoms with Crippen LogP contribution in [-0.2, 0) is 21.2 Å². The zero-order valence-corrected chi connectivity index (χ0v) is 20.2. The lowest BCUT2D eigenvalue weighted by atomic mass is 9.99. The van der Waals surface area contributed by atoms with Gasteiger partial charge in [0.25, 0.3) is 0 Å². The molecule has 0 amide bonds. The third-order valence-corrected chi connectivity index (χ3v) is 9.05. The summed E-state index contributed by atoms with van der Waals surface area (Å²) in [5, 5.41) is 0. The van der Waals surface area contributed by atoms with Crippen molar-refractivity contribution in [1.82, 2.24) is 9.21 Å². The van der Waals surface area contributed by atoms with E-state index in [9.17, 15) is 8.42 Å². The van der Waals surface area contributed by atoms with Crippen LogP contribution >= 0.6 is 0 Å². The van der Waals surface area contributed by atoms with E-state index in [0.29, 0.717) is 36.6 Å². The predicted octanol–water partition coefficient (Wildman–Crippen LogP) is 4.43. The van der Waals surface area contributed by atoms with E-state index in [-0.39, 0.29) is 0 Å². The Morgan fingerprint density at radius 1 is 0.906 bits per heavy atom. The van der Waals surface area contributed by atoms with Crippen LogP contribution in [0.1, 0.15) is 38.2 Å². The van der Waals surface area contributed by atoms with Gasteiger partial charge in [0.1, 0.15) is 0 Å². The average Bonchev–Trinajstić information content (AvgIpc) is 3.23. The van der Waals surface area contributed by atoms with Gasteiger partial charge in [0.2, 0.25) is 10.0 Å². The summed E-state index contributed by atoms with van der Waals surface area (Å²) in [7, 11) is -1.74. The lowest BCUT2D eigenvalue weighted by molar-refractivity contribution is 0.121. The van der Waals surface area contributed by atoms with Gasteiger partial charge in [0.15, 0.2) is 0 Å². The highest BCUT2D eigenvalue weighted by atomic mass is 32.2. The number of rotatable bonds is 8. The number of piperidine rings is 1. The average molecular weight is 457 g/mol. The monoisotopic (exact) mass is 456 g/mol. The first-order valence-electron chi connectivity index (χ1n) is 11.9.